The van der Waals surface area contributed by atoms with Crippen LogP contribution in [0.3, 0.4) is 0 Å². The molecule has 0 amide bonds. The van der Waals surface area contributed by atoms with Gasteiger partial charge in [-0.15, -0.1) is 0 Å². The summed E-state index contributed by atoms with van der Waals surface area (Å²) in [6.45, 7) is 0.491. The van der Waals surface area contributed by atoms with Crippen molar-refractivity contribution in [2.45, 2.75) is 6.54 Å². The van der Waals surface area contributed by atoms with Crippen molar-refractivity contribution < 1.29 is 9.90 Å². The van der Waals surface area contributed by atoms with Gasteiger partial charge in [-0.3, -0.25) is 0 Å². The molecular formula is C13H12BrN3O2. The molecule has 0 fully saturated rings. The Labute approximate surface area is 118 Å². The number of anilines is 2. The zero-order chi connectivity index (χ0) is 13.8. The predicted molar refractivity (Wildman–Crippen MR) is 77.1 cm³/mol. The van der Waals surface area contributed by atoms with Crippen LogP contribution in [-0.2, 0) is 6.54 Å². The Hall–Kier alpha value is -2.08. The van der Waals surface area contributed by atoms with Crippen molar-refractivity contribution in [1.82, 2.24) is 4.98 Å². The monoisotopic (exact) mass is 321 g/mol. The second kappa shape index (κ2) is 5.71. The van der Waals surface area contributed by atoms with Gasteiger partial charge in [0.05, 0.1) is 11.9 Å². The third-order valence-corrected chi connectivity index (χ3v) is 3.04. The molecule has 2 rings (SSSR count). The fraction of sp³-hybridized carbons (Fsp3) is 0.0769. The Morgan fingerprint density at radius 3 is 2.68 bits per heavy atom. The third-order valence-electron chi connectivity index (χ3n) is 2.51. The number of carboxylic acid groups (broad SMARTS) is 1. The quantitative estimate of drug-likeness (QED) is 0.805. The number of aromatic carboxylic acids is 1. The fourth-order valence-electron chi connectivity index (χ4n) is 1.57. The second-order valence-corrected chi connectivity index (χ2v) is 4.87. The van der Waals surface area contributed by atoms with Crippen LogP contribution in [0.2, 0.25) is 0 Å². The number of nitrogens with two attached hydrogens (primary N) is 1. The molecule has 0 spiro atoms. The highest BCUT2D eigenvalue weighted by atomic mass is 79.9. The standard InChI is InChI=1S/C13H12BrN3O2/c14-9-3-1-8(2-4-9)6-16-12-11(13(18)19)5-10(15)7-17-12/h1-5,7H,6,15H2,(H,16,17)(H,18,19). The minimum atomic E-state index is -1.06. The number of halogens is 1. The number of carbonyl (C=O) groups is 1. The fourth-order valence-corrected chi connectivity index (χ4v) is 1.84. The number of benzene rings is 1. The summed E-state index contributed by atoms with van der Waals surface area (Å²) >= 11 is 3.36. The highest BCUT2D eigenvalue weighted by Crippen LogP contribution is 2.17. The van der Waals surface area contributed by atoms with E-state index in [1.165, 1.54) is 12.3 Å². The van der Waals surface area contributed by atoms with Gasteiger partial charge < -0.3 is 16.2 Å². The SMILES string of the molecule is Nc1cnc(NCc2ccc(Br)cc2)c(C(=O)O)c1. The molecule has 98 valence electrons. The van der Waals surface area contributed by atoms with Gasteiger partial charge in [-0.25, -0.2) is 9.78 Å². The largest absolute Gasteiger partial charge is 0.478 e. The lowest BCUT2D eigenvalue weighted by molar-refractivity contribution is 0.0697. The average Bonchev–Trinajstić information content (AvgIpc) is 2.39. The molecule has 19 heavy (non-hydrogen) atoms. The van der Waals surface area contributed by atoms with E-state index < -0.39 is 5.97 Å². The van der Waals surface area contributed by atoms with E-state index >= 15 is 0 Å². The van der Waals surface area contributed by atoms with Crippen LogP contribution in [-0.4, -0.2) is 16.1 Å². The van der Waals surface area contributed by atoms with Crippen LogP contribution in [0.15, 0.2) is 41.0 Å². The lowest BCUT2D eigenvalue weighted by Crippen LogP contribution is -2.09. The van der Waals surface area contributed by atoms with Crippen LogP contribution < -0.4 is 11.1 Å². The lowest BCUT2D eigenvalue weighted by Gasteiger charge is -2.09. The summed E-state index contributed by atoms with van der Waals surface area (Å²) in [5.41, 5.74) is 6.95. The molecule has 1 aromatic heterocycles. The smallest absolute Gasteiger partial charge is 0.339 e. The van der Waals surface area contributed by atoms with Crippen molar-refractivity contribution in [2.75, 3.05) is 11.1 Å². The third kappa shape index (κ3) is 3.45. The van der Waals surface area contributed by atoms with Crippen LogP contribution in [0.1, 0.15) is 15.9 Å². The Kier molecular flexibility index (Phi) is 4.01. The molecule has 4 N–H and O–H groups in total. The molecule has 2 aromatic rings. The van der Waals surface area contributed by atoms with Crippen molar-refractivity contribution in [3.05, 3.63) is 52.1 Å². The zero-order valence-electron chi connectivity index (χ0n) is 9.93. The first-order valence-electron chi connectivity index (χ1n) is 5.53. The van der Waals surface area contributed by atoms with Crippen molar-refractivity contribution in [1.29, 1.82) is 0 Å². The van der Waals surface area contributed by atoms with Gasteiger partial charge in [-0.05, 0) is 23.8 Å². The lowest BCUT2D eigenvalue weighted by atomic mass is 10.2. The van der Waals surface area contributed by atoms with Crippen molar-refractivity contribution in [2.24, 2.45) is 0 Å². The number of nitrogens with one attached hydrogen (secondary N) is 1. The molecule has 0 aliphatic rings. The number of pyridine rings is 1. The van der Waals surface area contributed by atoms with Gasteiger partial charge in [0, 0.05) is 11.0 Å². The van der Waals surface area contributed by atoms with Crippen LogP contribution >= 0.6 is 15.9 Å². The highest BCUT2D eigenvalue weighted by Gasteiger charge is 2.11. The number of nitrogen functional groups attached to an aromatic ring is 1. The van der Waals surface area contributed by atoms with Gasteiger partial charge in [-0.1, -0.05) is 28.1 Å². The van der Waals surface area contributed by atoms with Gasteiger partial charge in [0.2, 0.25) is 0 Å². The molecule has 6 heteroatoms. The highest BCUT2D eigenvalue weighted by molar-refractivity contribution is 9.10. The van der Waals surface area contributed by atoms with Crippen LogP contribution in [0, 0.1) is 0 Å². The van der Waals surface area contributed by atoms with E-state index in [1.54, 1.807) is 0 Å². The summed E-state index contributed by atoms with van der Waals surface area (Å²) in [6.07, 6.45) is 1.43. The summed E-state index contributed by atoms with van der Waals surface area (Å²) < 4.78 is 0.994. The number of nitrogens with zero attached hydrogens (tertiary/aromatic N) is 1. The van der Waals surface area contributed by atoms with Gasteiger partial charge in [-0.2, -0.15) is 0 Å². The second-order valence-electron chi connectivity index (χ2n) is 3.95. The van der Waals surface area contributed by atoms with Gasteiger partial charge in [0.1, 0.15) is 11.4 Å². The van der Waals surface area contributed by atoms with Gasteiger partial charge in [0.25, 0.3) is 0 Å². The van der Waals surface area contributed by atoms with Crippen LogP contribution in [0.5, 0.6) is 0 Å². The Morgan fingerprint density at radius 2 is 2.05 bits per heavy atom. The normalized spacial score (nSPS) is 10.2. The van der Waals surface area contributed by atoms with Crippen LogP contribution in [0.25, 0.3) is 0 Å². The average molecular weight is 322 g/mol. The Morgan fingerprint density at radius 1 is 1.37 bits per heavy atom. The van der Waals surface area contributed by atoms with Crippen molar-refractivity contribution >= 4 is 33.4 Å². The molecule has 0 saturated heterocycles. The molecule has 0 atom stereocenters. The summed E-state index contributed by atoms with van der Waals surface area (Å²) in [7, 11) is 0. The Balaban J connectivity index is 2.15. The number of aromatic nitrogens is 1. The number of rotatable bonds is 4. The van der Waals surface area contributed by atoms with E-state index in [0.717, 1.165) is 10.0 Å². The van der Waals surface area contributed by atoms with Crippen LogP contribution in [0.4, 0.5) is 11.5 Å². The minimum Gasteiger partial charge on any atom is -0.478 e. The maximum Gasteiger partial charge on any atom is 0.339 e. The summed E-state index contributed by atoms with van der Waals surface area (Å²) in [5.74, 6) is -0.747. The van der Waals surface area contributed by atoms with E-state index in [-0.39, 0.29) is 5.56 Å². The predicted octanol–water partition coefficient (Wildman–Crippen LogP) is 2.74. The first-order chi connectivity index (χ1) is 9.06. The Bertz CT molecular complexity index is 599. The topological polar surface area (TPSA) is 88.2 Å². The molecule has 0 aliphatic carbocycles. The summed E-state index contributed by atoms with van der Waals surface area (Å²) in [4.78, 5) is 15.1. The molecule has 5 nitrogen and oxygen atoms in total. The molecule has 0 bridgehead atoms. The molecule has 0 unspecified atom stereocenters. The van der Waals surface area contributed by atoms with E-state index in [9.17, 15) is 4.79 Å². The number of hydrogen-bond donors (Lipinski definition) is 3. The molecule has 0 aliphatic heterocycles. The zero-order valence-corrected chi connectivity index (χ0v) is 11.5. The molecule has 1 heterocycles. The number of hydrogen-bond acceptors (Lipinski definition) is 4. The molecule has 0 saturated carbocycles. The number of carboxylic acids is 1. The molecule has 0 radical (unpaired) electrons. The summed E-state index contributed by atoms with van der Waals surface area (Å²) in [6, 6.07) is 9.11. The van der Waals surface area contributed by atoms with E-state index in [4.69, 9.17) is 10.8 Å². The van der Waals surface area contributed by atoms with Crippen molar-refractivity contribution in [3.8, 4) is 0 Å². The van der Waals surface area contributed by atoms with E-state index in [0.29, 0.717) is 18.1 Å². The maximum atomic E-state index is 11.1. The summed E-state index contributed by atoms with van der Waals surface area (Å²) in [5, 5.41) is 12.1. The van der Waals surface area contributed by atoms with Gasteiger partial charge in [0.15, 0.2) is 0 Å². The minimum absolute atomic E-state index is 0.0668. The molecular weight excluding hydrogens is 310 g/mol. The first-order valence-corrected chi connectivity index (χ1v) is 6.32. The van der Waals surface area contributed by atoms with E-state index in [2.05, 4.69) is 26.2 Å². The molecule has 1 aromatic carbocycles. The first kappa shape index (κ1) is 13.4. The van der Waals surface area contributed by atoms with Gasteiger partial charge >= 0.3 is 5.97 Å². The van der Waals surface area contributed by atoms with E-state index in [1.807, 2.05) is 24.3 Å². The maximum absolute atomic E-state index is 11.1. The van der Waals surface area contributed by atoms with Crippen molar-refractivity contribution in [3.63, 3.8) is 0 Å².